The normalized spacial score (nSPS) is 18.7. The second kappa shape index (κ2) is 11.5. The fraction of sp³-hybridized carbons (Fsp3) is 0.393. The van der Waals surface area contributed by atoms with Gasteiger partial charge in [-0.05, 0) is 49.9 Å². The van der Waals surface area contributed by atoms with Crippen LogP contribution in [-0.2, 0) is 6.54 Å². The molecule has 0 aliphatic carbocycles. The lowest BCUT2D eigenvalue weighted by Gasteiger charge is -2.37. The number of rotatable bonds is 8. The number of pyridine rings is 2. The summed E-state index contributed by atoms with van der Waals surface area (Å²) in [6, 6.07) is 15.0. The molecule has 3 atom stereocenters. The van der Waals surface area contributed by atoms with Gasteiger partial charge in [0.05, 0.1) is 25.5 Å². The zero-order chi connectivity index (χ0) is 25.7. The third-order valence-corrected chi connectivity index (χ3v) is 6.59. The zero-order valence-electron chi connectivity index (χ0n) is 21.3. The number of ether oxygens (including phenoxy) is 2. The van der Waals surface area contributed by atoms with E-state index in [2.05, 4.69) is 21.8 Å². The lowest BCUT2D eigenvalue weighted by molar-refractivity contribution is 0.0324. The summed E-state index contributed by atoms with van der Waals surface area (Å²) in [6.07, 6.45) is 3.31. The number of hydrogen-bond donors (Lipinski definition) is 1. The predicted octanol–water partition coefficient (Wildman–Crippen LogP) is 3.50. The quantitative estimate of drug-likeness (QED) is 0.517. The molecule has 0 unspecified atom stereocenters. The molecule has 0 spiro atoms. The number of nitrogens with zero attached hydrogens (tertiary/aromatic N) is 4. The Morgan fingerprint density at radius 1 is 1.19 bits per heavy atom. The first-order chi connectivity index (χ1) is 17.4. The Balaban J connectivity index is 1.65. The Hall–Kier alpha value is -3.49. The van der Waals surface area contributed by atoms with Crippen molar-refractivity contribution in [2.24, 2.45) is 5.92 Å². The van der Waals surface area contributed by atoms with E-state index in [4.69, 9.17) is 9.47 Å². The largest absolute Gasteiger partial charge is 0.497 e. The van der Waals surface area contributed by atoms with E-state index in [0.29, 0.717) is 31.1 Å². The van der Waals surface area contributed by atoms with E-state index in [9.17, 15) is 9.90 Å². The van der Waals surface area contributed by atoms with Crippen LogP contribution in [0.25, 0.3) is 11.1 Å². The van der Waals surface area contributed by atoms with Gasteiger partial charge in [-0.2, -0.15) is 0 Å². The van der Waals surface area contributed by atoms with Gasteiger partial charge in [-0.25, -0.2) is 4.98 Å². The molecule has 4 rings (SSSR count). The van der Waals surface area contributed by atoms with Crippen LogP contribution in [0.15, 0.2) is 60.9 Å². The van der Waals surface area contributed by atoms with Gasteiger partial charge in [0.2, 0.25) is 5.88 Å². The molecular weight excluding hydrogens is 456 g/mol. The molecule has 2 aromatic heterocycles. The summed E-state index contributed by atoms with van der Waals surface area (Å²) in [7, 11) is 3.66. The molecular formula is C28H34N4O4. The van der Waals surface area contributed by atoms with Gasteiger partial charge >= 0.3 is 0 Å². The molecule has 1 aliphatic heterocycles. The molecule has 8 nitrogen and oxygen atoms in total. The minimum atomic E-state index is -0.331. The Bertz CT molecular complexity index is 1160. The molecule has 0 saturated carbocycles. The molecule has 1 N–H and O–H groups in total. The summed E-state index contributed by atoms with van der Waals surface area (Å²) in [5, 5.41) is 9.89. The fourth-order valence-corrected chi connectivity index (χ4v) is 4.40. The van der Waals surface area contributed by atoms with Crippen molar-refractivity contribution in [1.82, 2.24) is 19.8 Å². The maximum atomic E-state index is 13.6. The molecule has 36 heavy (non-hydrogen) atoms. The van der Waals surface area contributed by atoms with Crippen LogP contribution in [0.5, 0.6) is 11.6 Å². The van der Waals surface area contributed by atoms with Crippen LogP contribution in [0, 0.1) is 5.92 Å². The Morgan fingerprint density at radius 2 is 1.97 bits per heavy atom. The van der Waals surface area contributed by atoms with Gasteiger partial charge in [-0.1, -0.05) is 25.1 Å². The van der Waals surface area contributed by atoms with Crippen molar-refractivity contribution in [3.05, 3.63) is 72.2 Å². The van der Waals surface area contributed by atoms with Crippen molar-refractivity contribution in [3.8, 4) is 22.8 Å². The van der Waals surface area contributed by atoms with E-state index >= 15 is 0 Å². The van der Waals surface area contributed by atoms with E-state index in [1.54, 1.807) is 24.4 Å². The summed E-state index contributed by atoms with van der Waals surface area (Å²) in [5.41, 5.74) is 3.10. The first-order valence-electron chi connectivity index (χ1n) is 12.2. The molecule has 3 aromatic rings. The smallest absolute Gasteiger partial charge is 0.259 e. The van der Waals surface area contributed by atoms with Crippen LogP contribution in [-0.4, -0.2) is 76.8 Å². The van der Waals surface area contributed by atoms with Crippen molar-refractivity contribution in [2.45, 2.75) is 32.5 Å². The lowest BCUT2D eigenvalue weighted by Crippen LogP contribution is -2.49. The van der Waals surface area contributed by atoms with Crippen molar-refractivity contribution in [2.75, 3.05) is 33.9 Å². The van der Waals surface area contributed by atoms with Crippen LogP contribution in [0.3, 0.4) is 0 Å². The number of aliphatic hydroxyl groups excluding tert-OH is 1. The summed E-state index contributed by atoms with van der Waals surface area (Å²) in [4.78, 5) is 26.6. The minimum absolute atomic E-state index is 0.0188. The minimum Gasteiger partial charge on any atom is -0.497 e. The molecule has 1 amide bonds. The fourth-order valence-electron chi connectivity index (χ4n) is 4.40. The standard InChI is InChI=1S/C28H34N4O4/c1-19-15-32(20(2)18-33)28(34)25-13-22(21-8-10-24(35-4)11-9-21)14-30-27(25)36-26(19)17-31(3)16-23-7-5-6-12-29-23/h5-14,19-20,26,33H,15-18H2,1-4H3/t19-,20+,26+/m1/s1. The second-order valence-corrected chi connectivity index (χ2v) is 9.45. The monoisotopic (exact) mass is 490 g/mol. The number of methoxy groups -OCH3 is 1. The van der Waals surface area contributed by atoms with Crippen molar-refractivity contribution < 1.29 is 19.4 Å². The molecule has 0 radical (unpaired) electrons. The van der Waals surface area contributed by atoms with Crippen LogP contribution < -0.4 is 9.47 Å². The van der Waals surface area contributed by atoms with E-state index in [1.165, 1.54) is 0 Å². The van der Waals surface area contributed by atoms with E-state index in [0.717, 1.165) is 22.6 Å². The van der Waals surface area contributed by atoms with Gasteiger partial charge in [-0.15, -0.1) is 0 Å². The number of likely N-dealkylation sites (N-methyl/N-ethyl adjacent to an activating group) is 1. The van der Waals surface area contributed by atoms with E-state index in [1.807, 2.05) is 62.5 Å². The van der Waals surface area contributed by atoms with Gasteiger partial charge in [0.1, 0.15) is 17.4 Å². The molecule has 1 aliphatic rings. The second-order valence-electron chi connectivity index (χ2n) is 9.45. The predicted molar refractivity (Wildman–Crippen MR) is 138 cm³/mol. The molecule has 8 heteroatoms. The van der Waals surface area contributed by atoms with Crippen molar-refractivity contribution in [3.63, 3.8) is 0 Å². The first kappa shape index (κ1) is 25.6. The number of aliphatic hydroxyl groups is 1. The number of hydrogen-bond acceptors (Lipinski definition) is 7. The van der Waals surface area contributed by atoms with Gasteiger partial charge in [-0.3, -0.25) is 14.7 Å². The SMILES string of the molecule is COc1ccc(-c2cnc3c(c2)C(=O)N([C@@H](C)CO)C[C@@H](C)[C@H](CN(C)Cc2ccccn2)O3)cc1. The highest BCUT2D eigenvalue weighted by Gasteiger charge is 2.34. The summed E-state index contributed by atoms with van der Waals surface area (Å²) < 4.78 is 11.7. The molecule has 0 bridgehead atoms. The van der Waals surface area contributed by atoms with Gasteiger partial charge in [0.15, 0.2) is 0 Å². The van der Waals surface area contributed by atoms with Crippen LogP contribution in [0.4, 0.5) is 0 Å². The zero-order valence-corrected chi connectivity index (χ0v) is 21.3. The van der Waals surface area contributed by atoms with Gasteiger partial charge < -0.3 is 19.5 Å². The van der Waals surface area contributed by atoms with Crippen molar-refractivity contribution in [1.29, 1.82) is 0 Å². The number of benzene rings is 1. The van der Waals surface area contributed by atoms with Crippen LogP contribution in [0.1, 0.15) is 29.9 Å². The molecule has 0 saturated heterocycles. The van der Waals surface area contributed by atoms with Crippen LogP contribution in [0.2, 0.25) is 0 Å². The van der Waals surface area contributed by atoms with E-state index < -0.39 is 0 Å². The Kier molecular flexibility index (Phi) is 8.18. The molecule has 1 aromatic carbocycles. The maximum absolute atomic E-state index is 13.6. The van der Waals surface area contributed by atoms with Gasteiger partial charge in [0, 0.05) is 43.5 Å². The third-order valence-electron chi connectivity index (χ3n) is 6.59. The highest BCUT2D eigenvalue weighted by atomic mass is 16.5. The lowest BCUT2D eigenvalue weighted by atomic mass is 9.99. The average molecular weight is 491 g/mol. The van der Waals surface area contributed by atoms with Crippen molar-refractivity contribution >= 4 is 5.91 Å². The maximum Gasteiger partial charge on any atom is 0.259 e. The third kappa shape index (κ3) is 5.83. The average Bonchev–Trinajstić information content (AvgIpc) is 2.90. The highest BCUT2D eigenvalue weighted by Crippen LogP contribution is 2.31. The summed E-state index contributed by atoms with van der Waals surface area (Å²) >= 11 is 0. The summed E-state index contributed by atoms with van der Waals surface area (Å²) in [5.74, 6) is 0.897. The molecule has 0 fully saturated rings. The van der Waals surface area contributed by atoms with Gasteiger partial charge in [0.25, 0.3) is 5.91 Å². The Labute approximate surface area is 212 Å². The topological polar surface area (TPSA) is 88.0 Å². The summed E-state index contributed by atoms with van der Waals surface area (Å²) in [6.45, 7) is 5.59. The number of aromatic nitrogens is 2. The highest BCUT2D eigenvalue weighted by molar-refractivity contribution is 5.98. The first-order valence-corrected chi connectivity index (χ1v) is 12.2. The number of amides is 1. The van der Waals surface area contributed by atoms with E-state index in [-0.39, 0.29) is 30.6 Å². The number of carbonyl (C=O) groups is 1. The molecule has 190 valence electrons. The number of fused-ring (bicyclic) bond motifs is 1. The van der Waals surface area contributed by atoms with Crippen LogP contribution >= 0.6 is 0 Å². The number of carbonyl (C=O) groups excluding carboxylic acids is 1. The molecule has 3 heterocycles. The Morgan fingerprint density at radius 3 is 2.64 bits per heavy atom.